The maximum Gasteiger partial charge on any atom is 0.416 e. The van der Waals surface area contributed by atoms with Crippen molar-refractivity contribution < 1.29 is 125 Å². The van der Waals surface area contributed by atoms with Gasteiger partial charge in [-0.2, -0.15) is 26.3 Å². The van der Waals surface area contributed by atoms with E-state index in [1.165, 1.54) is 48.5 Å². The number of halogens is 10. The highest BCUT2D eigenvalue weighted by atomic mass is 32.2. The number of likely N-dealkylation sites (tertiary alicyclic amines) is 2. The summed E-state index contributed by atoms with van der Waals surface area (Å²) in [5, 5.41) is -3.21. The Morgan fingerprint density at radius 3 is 1.71 bits per heavy atom. The van der Waals surface area contributed by atoms with E-state index < -0.39 is 368 Å². The van der Waals surface area contributed by atoms with Gasteiger partial charge in [-0.1, -0.05) is 115 Å². The molecule has 2 aliphatic heterocycles. The van der Waals surface area contributed by atoms with Crippen LogP contribution < -0.4 is 10.9 Å². The molecule has 2 fully saturated rings. The number of fused-ring (bicyclic) bond motifs is 2. The number of nitrogens with zero attached hydrogens (tertiary/aromatic N) is 6. The third-order valence-electron chi connectivity index (χ3n) is 14.7. The summed E-state index contributed by atoms with van der Waals surface area (Å²) >= 11 is -0.501. The number of pyridine rings is 2. The Kier molecular flexibility index (Phi) is 12.6. The normalized spacial score (nSPS) is 25.7. The van der Waals surface area contributed by atoms with Crippen LogP contribution in [0.2, 0.25) is 0 Å². The molecule has 2 aliphatic rings. The van der Waals surface area contributed by atoms with Gasteiger partial charge in [-0.25, -0.2) is 17.6 Å². The number of rotatable bonds is 24. The highest BCUT2D eigenvalue weighted by molar-refractivity contribution is 7.98. The molecule has 0 spiro atoms. The largest absolute Gasteiger partial charge is 0.416 e. The monoisotopic (exact) mass is 1530 g/mol. The Hall–Kier alpha value is -9.04. The molecule has 12 rings (SSSR count). The van der Waals surface area contributed by atoms with Crippen molar-refractivity contribution in [3.05, 3.63) is 270 Å². The quantitative estimate of drug-likeness (QED) is 0.0428. The molecule has 0 unspecified atom stereocenters. The third kappa shape index (κ3) is 19.3. The fourth-order valence-electron chi connectivity index (χ4n) is 9.54. The summed E-state index contributed by atoms with van der Waals surface area (Å²) in [4.78, 5) is 56.4. The molecule has 2 saturated heterocycles. The van der Waals surface area contributed by atoms with Crippen molar-refractivity contribution in [2.45, 2.75) is 104 Å². The summed E-state index contributed by atoms with van der Waals surface area (Å²) < 4.78 is 547. The van der Waals surface area contributed by atoms with Crippen LogP contribution in [0.25, 0.3) is 44.1 Å². The van der Waals surface area contributed by atoms with Crippen LogP contribution in [0.4, 0.5) is 43.9 Å². The van der Waals surface area contributed by atoms with Crippen LogP contribution in [0.5, 0.6) is 0 Å². The fraction of sp³-hybridized carbons (Fsp3) is 0.309. The number of methoxy groups -OCH3 is 2. The lowest BCUT2D eigenvalue weighted by Gasteiger charge is -2.39. The van der Waals surface area contributed by atoms with Crippen molar-refractivity contribution in [3.63, 3.8) is 0 Å². The minimum Gasteiger partial charge on any atom is -0.383 e. The smallest absolute Gasteiger partial charge is 0.383 e. The van der Waals surface area contributed by atoms with Gasteiger partial charge >= 0.3 is 12.4 Å². The number of para-hydroxylation sites is 2. The first kappa shape index (κ1) is 38.0. The maximum atomic E-state index is 15.8. The zero-order valence-electron chi connectivity index (χ0n) is 98.8. The van der Waals surface area contributed by atoms with Gasteiger partial charge < -0.3 is 38.2 Å². The second-order valence-corrected chi connectivity index (χ2v) is 23.0. The average molecular weight is 1530 g/mol. The van der Waals surface area contributed by atoms with E-state index >= 15 is 22.8 Å². The predicted molar refractivity (Wildman–Crippen MR) is 391 cm³/mol. The first-order chi connectivity index (χ1) is 67.9. The van der Waals surface area contributed by atoms with Crippen LogP contribution in [0, 0.1) is 30.2 Å². The molecule has 105 heavy (non-hydrogen) atoms. The van der Waals surface area contributed by atoms with Crippen molar-refractivity contribution in [1.29, 1.82) is 0 Å². The van der Waals surface area contributed by atoms with Gasteiger partial charge in [0, 0.05) is 157 Å². The minimum absolute atomic E-state index is 0.0888. The molecule has 4 heterocycles. The number of hydrogen-bond acceptors (Lipinski definition) is 10. The number of hydrogen-bond donors (Lipinski definition) is 0. The van der Waals surface area contributed by atoms with Gasteiger partial charge in [0.15, 0.2) is 34.1 Å². The van der Waals surface area contributed by atoms with E-state index in [0.29, 0.717) is 19.8 Å². The first-order valence-electron chi connectivity index (χ1n) is 52.3. The number of alkyl halides is 6. The highest BCUT2D eigenvalue weighted by Gasteiger charge is 2.34. The summed E-state index contributed by atoms with van der Waals surface area (Å²) in [5.41, 5.74) is -20.0. The molecular formula is C81H78F10N6O6S2. The van der Waals surface area contributed by atoms with Gasteiger partial charge in [0.05, 0.1) is 74.1 Å². The van der Waals surface area contributed by atoms with Crippen molar-refractivity contribution in [2.75, 3.05) is 66.3 Å². The number of aromatic nitrogens is 2. The van der Waals surface area contributed by atoms with Gasteiger partial charge in [-0.05, 0) is 132 Å². The Labute approximate surface area is 673 Å². The minimum atomic E-state index is -5.53. The molecule has 0 radical (unpaired) electrons. The lowest BCUT2D eigenvalue weighted by Crippen LogP contribution is -2.48. The zero-order chi connectivity index (χ0) is 115. The van der Waals surface area contributed by atoms with Crippen molar-refractivity contribution in [3.8, 4) is 22.3 Å². The van der Waals surface area contributed by atoms with E-state index in [0.717, 1.165) is 60.0 Å². The van der Waals surface area contributed by atoms with E-state index in [9.17, 15) is 54.0 Å². The Balaban J connectivity index is 0.000000291. The van der Waals surface area contributed by atoms with Gasteiger partial charge in [-0.3, -0.25) is 19.2 Å². The number of thioether (sulfide) groups is 2. The molecule has 2 amide bonds. The summed E-state index contributed by atoms with van der Waals surface area (Å²) in [6, 6.07) is -12.8. The number of benzene rings is 8. The van der Waals surface area contributed by atoms with E-state index in [4.69, 9.17) is 48.0 Å². The van der Waals surface area contributed by atoms with Crippen LogP contribution in [0.3, 0.4) is 0 Å². The Bertz CT molecular complexity index is 7130. The van der Waals surface area contributed by atoms with Crippen molar-refractivity contribution in [2.24, 2.45) is 0 Å². The van der Waals surface area contributed by atoms with E-state index in [1.807, 2.05) is 0 Å². The molecule has 8 aromatic carbocycles. The van der Waals surface area contributed by atoms with Crippen LogP contribution in [-0.4, -0.2) is 119 Å². The van der Waals surface area contributed by atoms with Gasteiger partial charge in [0.1, 0.15) is 13.1 Å². The summed E-state index contributed by atoms with van der Waals surface area (Å²) in [7, 11) is 1.10. The number of piperidine rings is 2. The molecular weight excluding hydrogens is 1410 g/mol. The first-order valence-corrected chi connectivity index (χ1v) is 31.5. The molecule has 24 heteroatoms. The maximum absolute atomic E-state index is 15.8. The number of carbonyl (C=O) groups is 2. The Morgan fingerprint density at radius 1 is 0.543 bits per heavy atom. The highest BCUT2D eigenvalue weighted by Crippen LogP contribution is 2.36. The van der Waals surface area contributed by atoms with E-state index in [2.05, 4.69) is 9.47 Å². The molecule has 10 aromatic rings. The predicted octanol–water partition coefficient (Wildman–Crippen LogP) is 17.1. The van der Waals surface area contributed by atoms with Crippen LogP contribution in [0.1, 0.15) is 126 Å². The van der Waals surface area contributed by atoms with E-state index in [-0.39, 0.29) is 43.3 Å². The second kappa shape index (κ2) is 34.9. The number of amides is 2. The van der Waals surface area contributed by atoms with Gasteiger partial charge in [0.2, 0.25) is 11.8 Å². The zero-order valence-corrected chi connectivity index (χ0v) is 55.4. The van der Waals surface area contributed by atoms with E-state index in [1.54, 1.807) is 0 Å². The lowest BCUT2D eigenvalue weighted by molar-refractivity contribution is -0.138. The number of carbonyl (C=O) groups excluding carboxylic acids is 2. The summed E-state index contributed by atoms with van der Waals surface area (Å²) in [6.45, 7) is -39.3. The molecule has 550 valence electrons. The Morgan fingerprint density at radius 2 is 1.10 bits per heavy atom. The number of ether oxygens (including phenoxy) is 2. The average Bonchev–Trinajstić information content (AvgIpc) is 0.657. The molecule has 12 nitrogen and oxygen atoms in total. The molecule has 0 atom stereocenters. The third-order valence-corrected chi connectivity index (χ3v) is 16.4. The van der Waals surface area contributed by atoms with Crippen molar-refractivity contribution in [1.82, 2.24) is 28.7 Å². The summed E-state index contributed by atoms with van der Waals surface area (Å²) in [5.74, 6) is -11.3. The van der Waals surface area contributed by atoms with Crippen molar-refractivity contribution >= 4 is 57.1 Å². The molecule has 0 aliphatic carbocycles. The van der Waals surface area contributed by atoms with Crippen LogP contribution in [0.15, 0.2) is 207 Å². The van der Waals surface area contributed by atoms with Crippen LogP contribution in [-0.2, 0) is 69.0 Å². The van der Waals surface area contributed by atoms with Crippen LogP contribution >= 0.6 is 23.5 Å². The van der Waals surface area contributed by atoms with Gasteiger partial charge in [-0.15, -0.1) is 23.5 Å². The second-order valence-electron chi connectivity index (χ2n) is 21.4. The fourth-order valence-corrected chi connectivity index (χ4v) is 11.1. The SMILES string of the molecule is [2H]C([2H])(Sc1cc(=O)c2ccccc2n1CC(=O)N(Cc1ccc(-c2ccc(C(F)(F)F)cc2)cc1)C1([2H])C([2H])([2H])C([2H])([2H])N(C([2H])([2H])C([2H])([2H])OC)C([2H])([2H])C1([2H])[2H])c1cccc(F)c1F.[2H]c1c([2H])c(F)c(F)c(C([2H])([2H])Sc2c([2H])c(=O)c3c([2H])c([2H])c([2H])c([2H])c3n2CC(=O)N(Cc2c([2H])c([2H])c(-c3c([2H])c([2H])c(C(F)(F)F)c([2H])c3[2H])c([2H])c2C)C2([2H])C([2H])([2H])C([2H])([2H])N(C([2H])([2H])C([2H])([2H])OC)C([2H])([2H])C2([2H])[2H])c1[2H]. The van der Waals surface area contributed by atoms with Gasteiger partial charge in [0.25, 0.3) is 0 Å². The molecule has 0 N–H and O–H groups in total. The topological polar surface area (TPSA) is 110 Å². The molecule has 0 bridgehead atoms. The standard InChI is InChI=1S/C41H40F5N3O3S.C40H38F5N3O3S/c1-27-22-29(28-12-14-32(15-13-28)41(44,45)46)10-11-30(27)24-48(33-16-18-47(19-17-33)20-21-52-2)38(51)25-49-36-9-4-3-7-34(36)37(50)23-39(49)53-26-31-6-5-8-35(42)40(31)43;1-51-22-21-46-19-17-32(18-20-46)47(24-27-9-11-28(12-10-27)29-13-15-31(16-14-29)40(43,44)45)37(50)25-48-35-8-3-2-6-33(35)36(49)23-38(48)52-26-30-5-4-7-34(41)39(30)42/h3-15,22-23,33H,16-21,24-26H2,1-2H3;2-16,23,32H,17-22,24-26H2,1H3/i3D,4D,5D,6D,7D,8D,9D,10D,11D,12D,13D,14D,15D,16D2,17D2,18D2,19D2,20D2,21D2,22D,23D,26D2,33D;17D2,18D2,19D2,20D2,21D2,22D2,26D2,32D. The lowest BCUT2D eigenvalue weighted by atomic mass is 9.97. The summed E-state index contributed by atoms with van der Waals surface area (Å²) in [6.07, 6.45) is -28.3. The molecule has 0 saturated carbocycles. The molecule has 2 aromatic heterocycles.